The number of allylic oxidation sites excluding steroid dienone is 1. The standard InChI is InChI=1S/C57H39N/c1-2-14-39(15-3-1)49-33-46-22-10-11-24-53(46)55-38-51(31-29-48(55)34-49)58(50-30-28-41-17-5-7-19-43(41)35-50)57-37-45-21-9-8-20-44(45)36-56(57)54-25-13-12-23-52(54)47-27-26-40-16-4-6-18-42(40)32-47/h1-33,35-38H,34H2. The lowest BCUT2D eigenvalue weighted by atomic mass is 9.90. The summed E-state index contributed by atoms with van der Waals surface area (Å²) in [5.41, 5.74) is 15.8. The van der Waals surface area contributed by atoms with Gasteiger partial charge in [0.05, 0.1) is 5.69 Å². The molecule has 1 aliphatic carbocycles. The predicted octanol–water partition coefficient (Wildman–Crippen LogP) is 15.7. The summed E-state index contributed by atoms with van der Waals surface area (Å²) >= 11 is 0. The maximum atomic E-state index is 2.49. The van der Waals surface area contributed by atoms with Crippen LogP contribution in [0.5, 0.6) is 0 Å². The van der Waals surface area contributed by atoms with Crippen LogP contribution in [0.3, 0.4) is 0 Å². The lowest BCUT2D eigenvalue weighted by Gasteiger charge is -2.30. The predicted molar refractivity (Wildman–Crippen MR) is 248 cm³/mol. The Bertz CT molecular complexity index is 3210. The summed E-state index contributed by atoms with van der Waals surface area (Å²) in [6, 6.07) is 80.3. The Morgan fingerprint density at radius 1 is 0.310 bits per heavy atom. The van der Waals surface area contributed by atoms with E-state index in [4.69, 9.17) is 0 Å². The van der Waals surface area contributed by atoms with Gasteiger partial charge in [0.2, 0.25) is 0 Å². The van der Waals surface area contributed by atoms with Gasteiger partial charge in [-0.1, -0.05) is 182 Å². The number of nitrogens with zero attached hydrogens (tertiary/aromatic N) is 1. The van der Waals surface area contributed by atoms with Crippen LogP contribution in [0.4, 0.5) is 17.1 Å². The molecule has 0 aromatic heterocycles. The van der Waals surface area contributed by atoms with Gasteiger partial charge in [0, 0.05) is 16.9 Å². The molecule has 0 radical (unpaired) electrons. The SMILES string of the molecule is C1=C(c2ccccc2)Cc2ccc(N(c3ccc4ccccc4c3)c3cc4ccccc4cc3-c3ccccc3-c3ccc4ccccc4c3)cc2-c2ccccc21. The average Bonchev–Trinajstić information content (AvgIpc) is 3.46. The zero-order valence-corrected chi connectivity index (χ0v) is 32.0. The van der Waals surface area contributed by atoms with Crippen LogP contribution in [-0.4, -0.2) is 0 Å². The number of hydrogen-bond acceptors (Lipinski definition) is 1. The topological polar surface area (TPSA) is 3.24 Å². The van der Waals surface area contributed by atoms with Crippen LogP contribution < -0.4 is 4.90 Å². The molecule has 0 saturated carbocycles. The van der Waals surface area contributed by atoms with E-state index in [9.17, 15) is 0 Å². The van der Waals surface area contributed by atoms with Gasteiger partial charge in [-0.15, -0.1) is 0 Å². The van der Waals surface area contributed by atoms with Crippen molar-refractivity contribution in [1.29, 1.82) is 0 Å². The Labute approximate surface area is 339 Å². The number of rotatable bonds is 6. The molecule has 10 aromatic carbocycles. The van der Waals surface area contributed by atoms with Crippen molar-refractivity contribution in [3.05, 3.63) is 235 Å². The molecule has 0 heterocycles. The molecule has 272 valence electrons. The third kappa shape index (κ3) is 6.05. The zero-order chi connectivity index (χ0) is 38.4. The van der Waals surface area contributed by atoms with Crippen LogP contribution in [0.25, 0.3) is 77.3 Å². The lowest BCUT2D eigenvalue weighted by molar-refractivity contribution is 1.26. The summed E-state index contributed by atoms with van der Waals surface area (Å²) < 4.78 is 0. The van der Waals surface area contributed by atoms with Gasteiger partial charge in [-0.3, -0.25) is 0 Å². The molecule has 0 aliphatic heterocycles. The van der Waals surface area contributed by atoms with E-state index in [0.29, 0.717) is 0 Å². The van der Waals surface area contributed by atoms with Gasteiger partial charge in [0.25, 0.3) is 0 Å². The van der Waals surface area contributed by atoms with E-state index >= 15 is 0 Å². The molecular formula is C57H39N. The molecule has 0 spiro atoms. The summed E-state index contributed by atoms with van der Waals surface area (Å²) in [6.45, 7) is 0. The van der Waals surface area contributed by atoms with Crippen LogP contribution in [0.15, 0.2) is 218 Å². The highest BCUT2D eigenvalue weighted by molar-refractivity contribution is 6.03. The maximum Gasteiger partial charge on any atom is 0.0546 e. The highest BCUT2D eigenvalue weighted by Gasteiger charge is 2.23. The molecule has 11 rings (SSSR count). The zero-order valence-electron chi connectivity index (χ0n) is 32.0. The highest BCUT2D eigenvalue weighted by Crippen LogP contribution is 2.48. The first kappa shape index (κ1) is 33.8. The quantitative estimate of drug-likeness (QED) is 0.164. The van der Waals surface area contributed by atoms with Gasteiger partial charge < -0.3 is 4.90 Å². The molecule has 0 saturated heterocycles. The van der Waals surface area contributed by atoms with E-state index in [1.807, 2.05) is 0 Å². The second-order valence-electron chi connectivity index (χ2n) is 15.3. The van der Waals surface area contributed by atoms with Crippen molar-refractivity contribution >= 4 is 61.0 Å². The number of hydrogen-bond donors (Lipinski definition) is 0. The third-order valence-corrected chi connectivity index (χ3v) is 11.8. The summed E-state index contributed by atoms with van der Waals surface area (Å²) in [5.74, 6) is 0. The Morgan fingerprint density at radius 3 is 1.62 bits per heavy atom. The fraction of sp³-hybridized carbons (Fsp3) is 0.0175. The molecule has 0 amide bonds. The largest absolute Gasteiger partial charge is 0.310 e. The van der Waals surface area contributed by atoms with Gasteiger partial charge >= 0.3 is 0 Å². The van der Waals surface area contributed by atoms with Crippen molar-refractivity contribution in [3.63, 3.8) is 0 Å². The van der Waals surface area contributed by atoms with Crippen molar-refractivity contribution in [3.8, 4) is 33.4 Å². The van der Waals surface area contributed by atoms with Crippen molar-refractivity contribution in [1.82, 2.24) is 0 Å². The first-order valence-corrected chi connectivity index (χ1v) is 20.1. The normalized spacial score (nSPS) is 12.2. The second kappa shape index (κ2) is 14.2. The second-order valence-corrected chi connectivity index (χ2v) is 15.3. The molecule has 0 unspecified atom stereocenters. The van der Waals surface area contributed by atoms with Gasteiger partial charge in [-0.25, -0.2) is 0 Å². The molecule has 0 bridgehead atoms. The Morgan fingerprint density at radius 2 is 0.862 bits per heavy atom. The van der Waals surface area contributed by atoms with E-state index in [0.717, 1.165) is 23.5 Å². The molecule has 0 atom stereocenters. The Hall–Kier alpha value is -7.48. The molecule has 1 aliphatic rings. The van der Waals surface area contributed by atoms with Crippen molar-refractivity contribution in [2.24, 2.45) is 0 Å². The minimum absolute atomic E-state index is 0.852. The van der Waals surface area contributed by atoms with Gasteiger partial charge in [-0.2, -0.15) is 0 Å². The molecule has 10 aromatic rings. The third-order valence-electron chi connectivity index (χ3n) is 11.8. The average molecular weight is 738 g/mol. The molecule has 1 nitrogen and oxygen atoms in total. The van der Waals surface area contributed by atoms with Crippen LogP contribution in [0.2, 0.25) is 0 Å². The molecular weight excluding hydrogens is 699 g/mol. The van der Waals surface area contributed by atoms with E-state index in [1.165, 1.54) is 88.0 Å². The van der Waals surface area contributed by atoms with Crippen molar-refractivity contribution in [2.75, 3.05) is 4.90 Å². The van der Waals surface area contributed by atoms with E-state index < -0.39 is 0 Å². The summed E-state index contributed by atoms with van der Waals surface area (Å²) in [7, 11) is 0. The fourth-order valence-electron chi connectivity index (χ4n) is 8.96. The van der Waals surface area contributed by atoms with Crippen LogP contribution in [0, 0.1) is 0 Å². The fourth-order valence-corrected chi connectivity index (χ4v) is 8.96. The van der Waals surface area contributed by atoms with Gasteiger partial charge in [0.1, 0.15) is 0 Å². The van der Waals surface area contributed by atoms with E-state index in [1.54, 1.807) is 0 Å². The van der Waals surface area contributed by atoms with Gasteiger partial charge in [0.15, 0.2) is 0 Å². The molecule has 1 heteroatoms. The number of anilines is 3. The summed E-state index contributed by atoms with van der Waals surface area (Å²) in [4.78, 5) is 2.49. The van der Waals surface area contributed by atoms with Crippen molar-refractivity contribution in [2.45, 2.75) is 6.42 Å². The van der Waals surface area contributed by atoms with Crippen LogP contribution >= 0.6 is 0 Å². The summed E-state index contributed by atoms with van der Waals surface area (Å²) in [6.07, 6.45) is 3.24. The minimum atomic E-state index is 0.852. The highest BCUT2D eigenvalue weighted by atomic mass is 15.1. The van der Waals surface area contributed by atoms with Crippen LogP contribution in [0.1, 0.15) is 16.7 Å². The maximum absolute atomic E-state index is 2.49. The smallest absolute Gasteiger partial charge is 0.0546 e. The molecule has 58 heavy (non-hydrogen) atoms. The monoisotopic (exact) mass is 737 g/mol. The molecule has 0 N–H and O–H groups in total. The van der Waals surface area contributed by atoms with E-state index in [2.05, 4.69) is 229 Å². The first-order valence-electron chi connectivity index (χ1n) is 20.1. The Kier molecular flexibility index (Phi) is 8.30. The minimum Gasteiger partial charge on any atom is -0.310 e. The first-order chi connectivity index (χ1) is 28.7. The van der Waals surface area contributed by atoms with Crippen LogP contribution in [-0.2, 0) is 6.42 Å². The molecule has 0 fully saturated rings. The van der Waals surface area contributed by atoms with E-state index in [-0.39, 0.29) is 0 Å². The van der Waals surface area contributed by atoms with Gasteiger partial charge in [-0.05, 0) is 131 Å². The Balaban J connectivity index is 1.16. The summed E-state index contributed by atoms with van der Waals surface area (Å²) in [5, 5.41) is 7.33. The van der Waals surface area contributed by atoms with Crippen molar-refractivity contribution < 1.29 is 0 Å². The number of fused-ring (bicyclic) bond motifs is 6. The number of benzene rings is 10. The lowest BCUT2D eigenvalue weighted by Crippen LogP contribution is -2.12.